The number of unbranched alkanes of at least 4 members (excludes halogenated alkanes) is 2. The van der Waals surface area contributed by atoms with Gasteiger partial charge in [-0.3, -0.25) is 4.79 Å². The molecule has 0 saturated carbocycles. The van der Waals surface area contributed by atoms with Crippen molar-refractivity contribution in [3.05, 3.63) is 30.6 Å². The van der Waals surface area contributed by atoms with Crippen LogP contribution in [0.3, 0.4) is 0 Å². The van der Waals surface area contributed by atoms with Crippen LogP contribution in [0.25, 0.3) is 33.3 Å². The summed E-state index contributed by atoms with van der Waals surface area (Å²) < 4.78 is 23.6. The normalized spacial score (nSPS) is 11.6. The van der Waals surface area contributed by atoms with E-state index >= 15 is 0 Å². The number of anilines is 1. The highest BCUT2D eigenvalue weighted by atomic mass is 16.6. The van der Waals surface area contributed by atoms with Crippen molar-refractivity contribution in [2.24, 2.45) is 0 Å². The fraction of sp³-hybridized carbons (Fsp3) is 0.533. The molecule has 4 N–H and O–H groups in total. The van der Waals surface area contributed by atoms with Gasteiger partial charge in [0.15, 0.2) is 5.65 Å². The lowest BCUT2D eigenvalue weighted by molar-refractivity contribution is -0.120. The number of ketones is 1. The molecule has 1 aromatic carbocycles. The minimum absolute atomic E-state index is 0.198. The standard InChI is InChI=1S/C30H42N6O6/c1-2-11-39-13-15-41-17-18-42-16-14-40-12-9-23(37)6-4-3-5-10-36-30-27(29(31)32-21-33-30)28(35-36)26-20-22-19-24(38)7-8-25(22)34-26/h7-8,19-21,34,38H,2-6,9-18H2,1H3,(H2,31,32,33). The number of hydrogen-bond donors (Lipinski definition) is 3. The third kappa shape index (κ3) is 9.21. The number of nitrogen functional groups attached to an aromatic ring is 1. The SMILES string of the molecule is CCCOCCOCCOCCOCCC(=O)CCCCCn1nc(-c2cc3cc(O)ccc3[nH]2)c2c(N)ncnc21. The largest absolute Gasteiger partial charge is 0.508 e. The quantitative estimate of drug-likeness (QED) is 0.121. The second kappa shape index (κ2) is 16.8. The number of benzene rings is 1. The number of nitrogens with one attached hydrogen (secondary N) is 1. The molecule has 0 saturated heterocycles. The molecule has 12 nitrogen and oxygen atoms in total. The van der Waals surface area contributed by atoms with Gasteiger partial charge in [-0.05, 0) is 43.5 Å². The van der Waals surface area contributed by atoms with E-state index in [1.54, 1.807) is 12.1 Å². The summed E-state index contributed by atoms with van der Waals surface area (Å²) in [7, 11) is 0. The van der Waals surface area contributed by atoms with E-state index in [2.05, 4.69) is 21.9 Å². The first-order valence-electron chi connectivity index (χ1n) is 14.7. The van der Waals surface area contributed by atoms with Gasteiger partial charge in [-0.25, -0.2) is 14.6 Å². The van der Waals surface area contributed by atoms with E-state index < -0.39 is 0 Å². The van der Waals surface area contributed by atoms with E-state index in [4.69, 9.17) is 29.8 Å². The predicted molar refractivity (Wildman–Crippen MR) is 160 cm³/mol. The second-order valence-corrected chi connectivity index (χ2v) is 10.0. The molecule has 0 aliphatic heterocycles. The highest BCUT2D eigenvalue weighted by Crippen LogP contribution is 2.32. The van der Waals surface area contributed by atoms with Crippen molar-refractivity contribution in [2.45, 2.75) is 52.0 Å². The summed E-state index contributed by atoms with van der Waals surface area (Å²) in [5.41, 5.74) is 9.22. The Morgan fingerprint density at radius 1 is 0.905 bits per heavy atom. The van der Waals surface area contributed by atoms with E-state index in [0.29, 0.717) is 88.2 Å². The molecule has 4 aromatic rings. The number of phenols is 1. The molecule has 0 bridgehead atoms. The number of aryl methyl sites for hydroxylation is 1. The maximum atomic E-state index is 12.2. The Kier molecular flexibility index (Phi) is 12.5. The van der Waals surface area contributed by atoms with Gasteiger partial charge < -0.3 is 34.8 Å². The van der Waals surface area contributed by atoms with E-state index in [9.17, 15) is 9.90 Å². The third-order valence-electron chi connectivity index (χ3n) is 6.73. The molecular weight excluding hydrogens is 540 g/mol. The Hall–Kier alpha value is -3.58. The molecule has 3 aromatic heterocycles. The molecule has 0 radical (unpaired) electrons. The van der Waals surface area contributed by atoms with Crippen LogP contribution in [0.1, 0.15) is 45.4 Å². The lowest BCUT2D eigenvalue weighted by Gasteiger charge is -2.07. The Labute approximate surface area is 245 Å². The summed E-state index contributed by atoms with van der Waals surface area (Å²) in [5, 5.41) is 16.2. The van der Waals surface area contributed by atoms with Gasteiger partial charge in [0.2, 0.25) is 0 Å². The topological polar surface area (TPSA) is 160 Å². The smallest absolute Gasteiger partial charge is 0.164 e. The number of aromatic amines is 1. The minimum Gasteiger partial charge on any atom is -0.508 e. The number of rotatable bonds is 21. The summed E-state index contributed by atoms with van der Waals surface area (Å²) in [6.07, 6.45) is 5.92. The van der Waals surface area contributed by atoms with Crippen molar-refractivity contribution >= 4 is 33.5 Å². The molecule has 0 atom stereocenters. The van der Waals surface area contributed by atoms with Crippen molar-refractivity contribution in [3.63, 3.8) is 0 Å². The molecule has 3 heterocycles. The Morgan fingerprint density at radius 2 is 1.62 bits per heavy atom. The second-order valence-electron chi connectivity index (χ2n) is 10.0. The lowest BCUT2D eigenvalue weighted by Crippen LogP contribution is -2.13. The fourth-order valence-electron chi connectivity index (χ4n) is 4.60. The number of phenolic OH excluding ortho intramolecular Hbond substituents is 1. The minimum atomic E-state index is 0.198. The zero-order valence-corrected chi connectivity index (χ0v) is 24.3. The van der Waals surface area contributed by atoms with E-state index in [0.717, 1.165) is 48.9 Å². The average Bonchev–Trinajstić information content (AvgIpc) is 3.57. The molecule has 12 heteroatoms. The first-order valence-corrected chi connectivity index (χ1v) is 14.7. The monoisotopic (exact) mass is 582 g/mol. The number of nitrogens with two attached hydrogens (primary N) is 1. The molecule has 0 aliphatic carbocycles. The Balaban J connectivity index is 1.11. The summed E-state index contributed by atoms with van der Waals surface area (Å²) in [4.78, 5) is 24.2. The first-order chi connectivity index (χ1) is 20.6. The fourth-order valence-corrected chi connectivity index (χ4v) is 4.60. The number of H-pyrrole nitrogens is 1. The zero-order chi connectivity index (χ0) is 29.6. The van der Waals surface area contributed by atoms with Crippen LogP contribution < -0.4 is 5.73 Å². The molecule has 228 valence electrons. The van der Waals surface area contributed by atoms with Crippen molar-refractivity contribution in [1.29, 1.82) is 0 Å². The van der Waals surface area contributed by atoms with Gasteiger partial charge in [-0.15, -0.1) is 0 Å². The van der Waals surface area contributed by atoms with Crippen molar-refractivity contribution < 1.29 is 28.8 Å². The number of ether oxygens (including phenoxy) is 4. The Bertz CT molecular complexity index is 1400. The molecule has 0 fully saturated rings. The van der Waals surface area contributed by atoms with Crippen LogP contribution >= 0.6 is 0 Å². The van der Waals surface area contributed by atoms with Crippen LogP contribution in [0.4, 0.5) is 5.82 Å². The Morgan fingerprint density at radius 3 is 2.36 bits per heavy atom. The predicted octanol–water partition coefficient (Wildman–Crippen LogP) is 4.26. The molecule has 0 spiro atoms. The average molecular weight is 583 g/mol. The highest BCUT2D eigenvalue weighted by Gasteiger charge is 2.18. The van der Waals surface area contributed by atoms with Gasteiger partial charge >= 0.3 is 0 Å². The van der Waals surface area contributed by atoms with Crippen LogP contribution in [0, 0.1) is 0 Å². The number of carbonyl (C=O) groups is 1. The molecule has 42 heavy (non-hydrogen) atoms. The van der Waals surface area contributed by atoms with Crippen molar-refractivity contribution in [3.8, 4) is 17.1 Å². The molecule has 0 unspecified atom stereocenters. The highest BCUT2D eigenvalue weighted by molar-refractivity contribution is 5.99. The van der Waals surface area contributed by atoms with Gasteiger partial charge in [0.25, 0.3) is 0 Å². The van der Waals surface area contributed by atoms with Gasteiger partial charge in [-0.2, -0.15) is 5.10 Å². The van der Waals surface area contributed by atoms with E-state index in [-0.39, 0.29) is 11.5 Å². The number of nitrogens with zero attached hydrogens (tertiary/aromatic N) is 4. The lowest BCUT2D eigenvalue weighted by atomic mass is 10.1. The number of hydrogen-bond acceptors (Lipinski definition) is 10. The molecule has 4 rings (SSSR count). The summed E-state index contributed by atoms with van der Waals surface area (Å²) >= 11 is 0. The number of fused-ring (bicyclic) bond motifs is 2. The van der Waals surface area contributed by atoms with Gasteiger partial charge in [-0.1, -0.05) is 13.3 Å². The van der Waals surface area contributed by atoms with Gasteiger partial charge in [0, 0.05) is 36.9 Å². The summed E-state index contributed by atoms with van der Waals surface area (Å²) in [6, 6.07) is 7.08. The number of carbonyl (C=O) groups excluding carboxylic acids is 1. The van der Waals surface area contributed by atoms with E-state index in [1.165, 1.54) is 6.33 Å². The van der Waals surface area contributed by atoms with Crippen molar-refractivity contribution in [2.75, 3.05) is 58.6 Å². The van der Waals surface area contributed by atoms with Crippen LogP contribution in [-0.4, -0.2) is 88.5 Å². The number of aromatic nitrogens is 5. The summed E-state index contributed by atoms with van der Waals surface area (Å²) in [6.45, 7) is 7.06. The number of Topliss-reactive ketones (excluding diaryl/α,β-unsaturated/α-hetero) is 1. The first kappa shape index (κ1) is 31.4. The van der Waals surface area contributed by atoms with Crippen LogP contribution in [0.2, 0.25) is 0 Å². The van der Waals surface area contributed by atoms with E-state index in [1.807, 2.05) is 16.8 Å². The van der Waals surface area contributed by atoms with Crippen molar-refractivity contribution in [1.82, 2.24) is 24.7 Å². The van der Waals surface area contributed by atoms with Crippen LogP contribution in [0.15, 0.2) is 30.6 Å². The molecule has 0 amide bonds. The van der Waals surface area contributed by atoms with Gasteiger partial charge in [0.05, 0.1) is 57.3 Å². The number of aromatic hydroxyl groups is 1. The maximum absolute atomic E-state index is 12.2. The summed E-state index contributed by atoms with van der Waals surface area (Å²) in [5.74, 6) is 0.760. The third-order valence-corrected chi connectivity index (χ3v) is 6.73. The van der Waals surface area contributed by atoms with Gasteiger partial charge in [0.1, 0.15) is 29.4 Å². The maximum Gasteiger partial charge on any atom is 0.164 e. The zero-order valence-electron chi connectivity index (χ0n) is 24.3. The molecular formula is C30H42N6O6. The molecule has 0 aliphatic rings. The van der Waals surface area contributed by atoms with Crippen LogP contribution in [-0.2, 0) is 30.3 Å². The van der Waals surface area contributed by atoms with Crippen LogP contribution in [0.5, 0.6) is 5.75 Å².